The maximum Gasteiger partial charge on any atom is 0.119 e. The average Bonchev–Trinajstić information content (AvgIpc) is 2.47. The van der Waals surface area contributed by atoms with Gasteiger partial charge in [-0.15, -0.1) is 0 Å². The van der Waals surface area contributed by atoms with E-state index in [1.54, 1.807) is 0 Å². The van der Waals surface area contributed by atoms with Gasteiger partial charge in [0.25, 0.3) is 0 Å². The summed E-state index contributed by atoms with van der Waals surface area (Å²) in [6, 6.07) is 8.48. The highest BCUT2D eigenvalue weighted by atomic mass is 16.5. The summed E-state index contributed by atoms with van der Waals surface area (Å²) in [6.07, 6.45) is 7.09. The lowest BCUT2D eigenvalue weighted by Gasteiger charge is -2.21. The van der Waals surface area contributed by atoms with Gasteiger partial charge in [0.2, 0.25) is 0 Å². The molecule has 2 nitrogen and oxygen atoms in total. The monoisotopic (exact) mass is 275 g/mol. The molecule has 0 spiro atoms. The minimum absolute atomic E-state index is 0.572. The van der Waals surface area contributed by atoms with E-state index in [1.165, 1.54) is 37.7 Å². The number of benzene rings is 1. The molecule has 0 saturated heterocycles. The summed E-state index contributed by atoms with van der Waals surface area (Å²) < 4.78 is 5.78. The quantitative estimate of drug-likeness (QED) is 0.797. The Bertz CT molecular complexity index is 383. The maximum atomic E-state index is 5.78. The Labute approximate surface area is 123 Å². The smallest absolute Gasteiger partial charge is 0.119 e. The van der Waals surface area contributed by atoms with E-state index in [9.17, 15) is 0 Å². The number of hydrogen-bond donors (Lipinski definition) is 1. The predicted molar refractivity (Wildman–Crippen MR) is 85.1 cm³/mol. The topological polar surface area (TPSA) is 21.3 Å². The van der Waals surface area contributed by atoms with E-state index >= 15 is 0 Å². The zero-order valence-electron chi connectivity index (χ0n) is 13.0. The molecule has 0 atom stereocenters. The average molecular weight is 275 g/mol. The van der Waals surface area contributed by atoms with Crippen molar-refractivity contribution in [3.8, 4) is 5.75 Å². The molecular formula is C18H29NO. The van der Waals surface area contributed by atoms with Crippen LogP contribution in [-0.2, 0) is 6.54 Å². The van der Waals surface area contributed by atoms with Gasteiger partial charge in [-0.25, -0.2) is 0 Å². The van der Waals surface area contributed by atoms with Crippen LogP contribution in [-0.4, -0.2) is 13.2 Å². The van der Waals surface area contributed by atoms with E-state index in [-0.39, 0.29) is 0 Å². The summed E-state index contributed by atoms with van der Waals surface area (Å²) in [5.74, 6) is 2.46. The predicted octanol–water partition coefficient (Wildman–Crippen LogP) is 4.39. The SMILES string of the molecule is CC(C)COc1cccc(CNCC2CCCCC2)c1. The molecule has 0 aliphatic heterocycles. The molecule has 0 amide bonds. The van der Waals surface area contributed by atoms with Crippen molar-refractivity contribution in [1.82, 2.24) is 5.32 Å². The third-order valence-electron chi connectivity index (χ3n) is 3.97. The standard InChI is InChI=1S/C18H29NO/c1-15(2)14-20-18-10-6-9-17(11-18)13-19-12-16-7-4-3-5-8-16/h6,9-11,15-16,19H,3-5,7-8,12-14H2,1-2H3. The second-order valence-electron chi connectivity index (χ2n) is 6.49. The zero-order chi connectivity index (χ0) is 14.2. The first kappa shape index (κ1) is 15.4. The van der Waals surface area contributed by atoms with Gasteiger partial charge in [-0.3, -0.25) is 0 Å². The minimum atomic E-state index is 0.572. The molecule has 0 bridgehead atoms. The minimum Gasteiger partial charge on any atom is -0.493 e. The van der Waals surface area contributed by atoms with Crippen molar-refractivity contribution in [3.05, 3.63) is 29.8 Å². The van der Waals surface area contributed by atoms with Gasteiger partial charge in [-0.1, -0.05) is 45.2 Å². The van der Waals surface area contributed by atoms with Crippen molar-refractivity contribution in [2.75, 3.05) is 13.2 Å². The Morgan fingerprint density at radius 3 is 2.75 bits per heavy atom. The van der Waals surface area contributed by atoms with E-state index in [0.29, 0.717) is 5.92 Å². The number of hydrogen-bond acceptors (Lipinski definition) is 2. The van der Waals surface area contributed by atoms with Gasteiger partial charge in [0.15, 0.2) is 0 Å². The van der Waals surface area contributed by atoms with E-state index in [2.05, 4.69) is 37.4 Å². The van der Waals surface area contributed by atoms with Crippen LogP contribution in [0.15, 0.2) is 24.3 Å². The molecule has 2 heteroatoms. The molecule has 0 heterocycles. The molecule has 1 saturated carbocycles. The van der Waals surface area contributed by atoms with Gasteiger partial charge in [-0.2, -0.15) is 0 Å². The fourth-order valence-corrected chi connectivity index (χ4v) is 2.82. The van der Waals surface area contributed by atoms with Crippen molar-refractivity contribution >= 4 is 0 Å². The first-order valence-electron chi connectivity index (χ1n) is 8.16. The molecule has 1 aliphatic carbocycles. The normalized spacial score (nSPS) is 16.6. The van der Waals surface area contributed by atoms with Crippen molar-refractivity contribution in [1.29, 1.82) is 0 Å². The van der Waals surface area contributed by atoms with Crippen molar-refractivity contribution < 1.29 is 4.74 Å². The summed E-state index contributed by atoms with van der Waals surface area (Å²) >= 11 is 0. The molecule has 1 aromatic carbocycles. The van der Waals surface area contributed by atoms with Crippen LogP contribution in [0.25, 0.3) is 0 Å². The second kappa shape index (κ2) is 8.31. The third kappa shape index (κ3) is 5.54. The summed E-state index contributed by atoms with van der Waals surface area (Å²) in [7, 11) is 0. The maximum absolute atomic E-state index is 5.78. The summed E-state index contributed by atoms with van der Waals surface area (Å²) in [5.41, 5.74) is 1.32. The van der Waals surface area contributed by atoms with Crippen LogP contribution in [0, 0.1) is 11.8 Å². The van der Waals surface area contributed by atoms with Gasteiger partial charge < -0.3 is 10.1 Å². The largest absolute Gasteiger partial charge is 0.493 e. The van der Waals surface area contributed by atoms with Crippen LogP contribution in [0.5, 0.6) is 5.75 Å². The van der Waals surface area contributed by atoms with E-state index in [1.807, 2.05) is 6.07 Å². The molecule has 0 radical (unpaired) electrons. The van der Waals surface area contributed by atoms with Crippen molar-refractivity contribution in [2.24, 2.45) is 11.8 Å². The number of rotatable bonds is 7. The lowest BCUT2D eigenvalue weighted by atomic mass is 9.89. The van der Waals surface area contributed by atoms with Crippen LogP contribution in [0.4, 0.5) is 0 Å². The van der Waals surface area contributed by atoms with Gasteiger partial charge in [0, 0.05) is 6.54 Å². The molecule has 0 unspecified atom stereocenters. The van der Waals surface area contributed by atoms with E-state index < -0.39 is 0 Å². The van der Waals surface area contributed by atoms with Gasteiger partial charge >= 0.3 is 0 Å². The molecule has 1 aromatic rings. The van der Waals surface area contributed by atoms with E-state index in [0.717, 1.165) is 31.4 Å². The molecule has 2 rings (SSSR count). The summed E-state index contributed by atoms with van der Waals surface area (Å²) in [6.45, 7) is 7.26. The highest BCUT2D eigenvalue weighted by Crippen LogP contribution is 2.23. The van der Waals surface area contributed by atoms with Gasteiger partial charge in [-0.05, 0) is 48.9 Å². The molecule has 0 aromatic heterocycles. The Morgan fingerprint density at radius 2 is 2.00 bits per heavy atom. The van der Waals surface area contributed by atoms with Crippen molar-refractivity contribution in [2.45, 2.75) is 52.5 Å². The molecule has 112 valence electrons. The van der Waals surface area contributed by atoms with E-state index in [4.69, 9.17) is 4.74 Å². The Kier molecular flexibility index (Phi) is 6.38. The molecule has 1 N–H and O–H groups in total. The Morgan fingerprint density at radius 1 is 1.20 bits per heavy atom. The van der Waals surface area contributed by atoms with Gasteiger partial charge in [0.05, 0.1) is 6.61 Å². The van der Waals surface area contributed by atoms with Gasteiger partial charge in [0.1, 0.15) is 5.75 Å². The van der Waals surface area contributed by atoms with Crippen LogP contribution >= 0.6 is 0 Å². The highest BCUT2D eigenvalue weighted by Gasteiger charge is 2.12. The summed E-state index contributed by atoms with van der Waals surface area (Å²) in [5, 5.41) is 3.61. The lowest BCUT2D eigenvalue weighted by Crippen LogP contribution is -2.24. The van der Waals surface area contributed by atoms with Crippen LogP contribution in [0.2, 0.25) is 0 Å². The van der Waals surface area contributed by atoms with Crippen LogP contribution in [0.3, 0.4) is 0 Å². The lowest BCUT2D eigenvalue weighted by molar-refractivity contribution is 0.270. The molecule has 1 fully saturated rings. The fourth-order valence-electron chi connectivity index (χ4n) is 2.82. The number of nitrogens with one attached hydrogen (secondary N) is 1. The molecule has 1 aliphatic rings. The number of ether oxygens (including phenoxy) is 1. The Hall–Kier alpha value is -1.02. The molecular weight excluding hydrogens is 246 g/mol. The van der Waals surface area contributed by atoms with Crippen LogP contribution < -0.4 is 10.1 Å². The fraction of sp³-hybridized carbons (Fsp3) is 0.667. The van der Waals surface area contributed by atoms with Crippen molar-refractivity contribution in [3.63, 3.8) is 0 Å². The highest BCUT2D eigenvalue weighted by molar-refractivity contribution is 5.28. The molecule has 20 heavy (non-hydrogen) atoms. The van der Waals surface area contributed by atoms with Crippen LogP contribution in [0.1, 0.15) is 51.5 Å². The zero-order valence-corrected chi connectivity index (χ0v) is 13.0. The first-order valence-corrected chi connectivity index (χ1v) is 8.16. The summed E-state index contributed by atoms with van der Waals surface area (Å²) in [4.78, 5) is 0. The second-order valence-corrected chi connectivity index (χ2v) is 6.49. The Balaban J connectivity index is 1.73. The third-order valence-corrected chi connectivity index (χ3v) is 3.97. The first-order chi connectivity index (χ1) is 9.74.